The van der Waals surface area contributed by atoms with E-state index in [0.717, 1.165) is 0 Å². The van der Waals surface area contributed by atoms with Crippen molar-refractivity contribution in [3.05, 3.63) is 35.1 Å². The van der Waals surface area contributed by atoms with E-state index in [4.69, 9.17) is 9.84 Å². The zero-order chi connectivity index (χ0) is 13.1. The fourth-order valence-electron chi connectivity index (χ4n) is 1.35. The average Bonchev–Trinajstić information content (AvgIpc) is 2.82. The summed E-state index contributed by atoms with van der Waals surface area (Å²) in [5.41, 5.74) is 0.705. The van der Waals surface area contributed by atoms with Gasteiger partial charge < -0.3 is 9.84 Å². The van der Waals surface area contributed by atoms with Crippen LogP contribution in [0.1, 0.15) is 17.4 Å². The van der Waals surface area contributed by atoms with Gasteiger partial charge in [0.1, 0.15) is 5.01 Å². The Kier molecular flexibility index (Phi) is 3.57. The first kappa shape index (κ1) is 12.5. The van der Waals surface area contributed by atoms with E-state index < -0.39 is 17.5 Å². The topological polar surface area (TPSA) is 59.4 Å². The van der Waals surface area contributed by atoms with Crippen molar-refractivity contribution in [2.45, 2.75) is 6.92 Å². The zero-order valence-electron chi connectivity index (χ0n) is 9.51. The van der Waals surface area contributed by atoms with E-state index in [1.807, 2.05) is 0 Å². The van der Waals surface area contributed by atoms with Crippen LogP contribution in [0.3, 0.4) is 0 Å². The molecule has 2 aromatic rings. The molecule has 0 fully saturated rings. The third-order valence-electron chi connectivity index (χ3n) is 2.18. The number of nitrogens with zero attached hydrogens (tertiary/aromatic N) is 1. The normalized spacial score (nSPS) is 10.3. The summed E-state index contributed by atoms with van der Waals surface area (Å²) in [5.74, 6) is -1.64. The van der Waals surface area contributed by atoms with E-state index in [1.165, 1.54) is 29.5 Å². The summed E-state index contributed by atoms with van der Waals surface area (Å²) in [5, 5.41) is 11.1. The molecule has 0 aliphatic rings. The monoisotopic (exact) mass is 267 g/mol. The fraction of sp³-hybridized carbons (Fsp3) is 0.167. The number of thiazole rings is 1. The van der Waals surface area contributed by atoms with Gasteiger partial charge in [0.2, 0.25) is 0 Å². The number of halogens is 1. The molecule has 0 amide bonds. The van der Waals surface area contributed by atoms with Crippen molar-refractivity contribution >= 4 is 17.3 Å². The van der Waals surface area contributed by atoms with Gasteiger partial charge in [0.25, 0.3) is 0 Å². The number of phenolic OH excluding ortho intramolecular Hbond substituents is 1. The van der Waals surface area contributed by atoms with Crippen LogP contribution in [0.4, 0.5) is 4.39 Å². The van der Waals surface area contributed by atoms with Gasteiger partial charge in [0, 0.05) is 10.9 Å². The summed E-state index contributed by atoms with van der Waals surface area (Å²) < 4.78 is 18.0. The minimum atomic E-state index is -0.722. The van der Waals surface area contributed by atoms with Gasteiger partial charge in [-0.1, -0.05) is 0 Å². The highest BCUT2D eigenvalue weighted by Crippen LogP contribution is 2.27. The molecule has 18 heavy (non-hydrogen) atoms. The molecule has 4 nitrogen and oxygen atoms in total. The Bertz CT molecular complexity index is 582. The van der Waals surface area contributed by atoms with Crippen LogP contribution in [0.15, 0.2) is 23.6 Å². The van der Waals surface area contributed by atoms with Crippen LogP contribution in [0.2, 0.25) is 0 Å². The molecule has 0 spiro atoms. The quantitative estimate of drug-likeness (QED) is 0.869. The number of esters is 1. The molecule has 6 heteroatoms. The van der Waals surface area contributed by atoms with Gasteiger partial charge >= 0.3 is 5.97 Å². The second-order valence-electron chi connectivity index (χ2n) is 3.42. The van der Waals surface area contributed by atoms with Crippen molar-refractivity contribution in [2.75, 3.05) is 6.61 Å². The summed E-state index contributed by atoms with van der Waals surface area (Å²) in [7, 11) is 0. The molecule has 1 aromatic heterocycles. The van der Waals surface area contributed by atoms with Crippen LogP contribution in [0.5, 0.6) is 5.75 Å². The van der Waals surface area contributed by atoms with Crippen molar-refractivity contribution in [3.8, 4) is 16.3 Å². The van der Waals surface area contributed by atoms with Crippen LogP contribution >= 0.6 is 11.3 Å². The minimum absolute atomic E-state index is 0.199. The first-order chi connectivity index (χ1) is 8.61. The number of benzene rings is 1. The standard InChI is InChI=1S/C12H10FNO3S/c1-2-17-12(16)9-6-18-11(14-9)7-3-4-10(15)8(13)5-7/h3-6,15H,2H2,1H3. The van der Waals surface area contributed by atoms with Crippen molar-refractivity contribution in [1.29, 1.82) is 0 Å². The lowest BCUT2D eigenvalue weighted by Gasteiger charge is -1.99. The first-order valence-corrected chi connectivity index (χ1v) is 6.11. The van der Waals surface area contributed by atoms with E-state index in [-0.39, 0.29) is 12.3 Å². The lowest BCUT2D eigenvalue weighted by Crippen LogP contribution is -2.04. The molecule has 0 aliphatic heterocycles. The number of hydrogen-bond acceptors (Lipinski definition) is 5. The summed E-state index contributed by atoms with van der Waals surface area (Å²) in [6.45, 7) is 1.99. The maximum absolute atomic E-state index is 13.2. The molecular formula is C12H10FNO3S. The molecule has 0 bridgehead atoms. The molecule has 1 heterocycles. The summed E-state index contributed by atoms with van der Waals surface area (Å²) in [4.78, 5) is 15.5. The van der Waals surface area contributed by atoms with Crippen molar-refractivity contribution in [2.24, 2.45) is 0 Å². The van der Waals surface area contributed by atoms with Gasteiger partial charge in [-0.25, -0.2) is 14.2 Å². The van der Waals surface area contributed by atoms with Crippen LogP contribution in [-0.2, 0) is 4.74 Å². The van der Waals surface area contributed by atoms with Gasteiger partial charge in [0.05, 0.1) is 6.61 Å². The minimum Gasteiger partial charge on any atom is -0.505 e. The Morgan fingerprint density at radius 3 is 3.00 bits per heavy atom. The fourth-order valence-corrected chi connectivity index (χ4v) is 2.13. The number of aromatic hydroxyl groups is 1. The van der Waals surface area contributed by atoms with Crippen LogP contribution in [0.25, 0.3) is 10.6 Å². The van der Waals surface area contributed by atoms with E-state index >= 15 is 0 Å². The number of ether oxygens (including phenoxy) is 1. The van der Waals surface area contributed by atoms with Crippen LogP contribution in [-0.4, -0.2) is 22.7 Å². The van der Waals surface area contributed by atoms with E-state index in [1.54, 1.807) is 12.3 Å². The van der Waals surface area contributed by atoms with Gasteiger partial charge in [0.15, 0.2) is 17.3 Å². The van der Waals surface area contributed by atoms with Gasteiger partial charge in [-0.3, -0.25) is 0 Å². The lowest BCUT2D eigenvalue weighted by atomic mass is 10.2. The summed E-state index contributed by atoms with van der Waals surface area (Å²) in [6, 6.07) is 3.95. The number of hydrogen-bond donors (Lipinski definition) is 1. The molecule has 94 valence electrons. The van der Waals surface area contributed by atoms with E-state index in [2.05, 4.69) is 4.98 Å². The molecule has 0 aliphatic carbocycles. The van der Waals surface area contributed by atoms with E-state index in [9.17, 15) is 9.18 Å². The number of rotatable bonds is 3. The predicted molar refractivity (Wildman–Crippen MR) is 65.1 cm³/mol. The lowest BCUT2D eigenvalue weighted by molar-refractivity contribution is 0.0520. The molecule has 0 unspecified atom stereocenters. The maximum Gasteiger partial charge on any atom is 0.357 e. The molecule has 1 N–H and O–H groups in total. The van der Waals surface area contributed by atoms with E-state index in [0.29, 0.717) is 10.6 Å². The summed E-state index contributed by atoms with van der Waals surface area (Å²) in [6.07, 6.45) is 0. The SMILES string of the molecule is CCOC(=O)c1csc(-c2ccc(O)c(F)c2)n1. The second kappa shape index (κ2) is 5.14. The van der Waals surface area contributed by atoms with Crippen molar-refractivity contribution in [1.82, 2.24) is 4.98 Å². The first-order valence-electron chi connectivity index (χ1n) is 5.23. The number of carbonyl (C=O) groups excluding carboxylic acids is 1. The molecule has 2 rings (SSSR count). The highest BCUT2D eigenvalue weighted by Gasteiger charge is 2.13. The Morgan fingerprint density at radius 2 is 2.33 bits per heavy atom. The third kappa shape index (κ3) is 2.48. The molecule has 0 radical (unpaired) electrons. The Labute approximate surface area is 107 Å². The average molecular weight is 267 g/mol. The number of carbonyl (C=O) groups is 1. The van der Waals surface area contributed by atoms with Gasteiger partial charge in [-0.2, -0.15) is 0 Å². The van der Waals surface area contributed by atoms with Crippen LogP contribution < -0.4 is 0 Å². The van der Waals surface area contributed by atoms with Crippen molar-refractivity contribution < 1.29 is 19.0 Å². The Hall–Kier alpha value is -1.95. The Balaban J connectivity index is 2.29. The number of phenols is 1. The van der Waals surface area contributed by atoms with Crippen LogP contribution in [0, 0.1) is 5.82 Å². The zero-order valence-corrected chi connectivity index (χ0v) is 10.3. The molecule has 0 atom stereocenters. The number of aromatic nitrogens is 1. The smallest absolute Gasteiger partial charge is 0.357 e. The maximum atomic E-state index is 13.2. The Morgan fingerprint density at radius 1 is 1.56 bits per heavy atom. The molecule has 1 aromatic carbocycles. The molecule has 0 saturated heterocycles. The van der Waals surface area contributed by atoms with Gasteiger partial charge in [-0.15, -0.1) is 11.3 Å². The van der Waals surface area contributed by atoms with Gasteiger partial charge in [-0.05, 0) is 25.1 Å². The molecular weight excluding hydrogens is 257 g/mol. The molecule has 0 saturated carbocycles. The predicted octanol–water partition coefficient (Wildman–Crippen LogP) is 2.83. The highest BCUT2D eigenvalue weighted by atomic mass is 32.1. The second-order valence-corrected chi connectivity index (χ2v) is 4.28. The summed E-state index contributed by atoms with van der Waals surface area (Å²) >= 11 is 1.21. The highest BCUT2D eigenvalue weighted by molar-refractivity contribution is 7.13. The third-order valence-corrected chi connectivity index (χ3v) is 3.07. The van der Waals surface area contributed by atoms with Crippen molar-refractivity contribution in [3.63, 3.8) is 0 Å². The largest absolute Gasteiger partial charge is 0.505 e.